The third-order valence-electron chi connectivity index (χ3n) is 2.01. The molecule has 6 heteroatoms. The van der Waals surface area contributed by atoms with Crippen LogP contribution in [-0.4, -0.2) is 22.7 Å². The Kier molecular flexibility index (Phi) is 4.14. The summed E-state index contributed by atoms with van der Waals surface area (Å²) in [7, 11) is 0. The van der Waals surface area contributed by atoms with Gasteiger partial charge in [-0.05, 0) is 20.8 Å². The van der Waals surface area contributed by atoms with E-state index in [9.17, 15) is 15.2 Å². The van der Waals surface area contributed by atoms with Crippen molar-refractivity contribution in [3.8, 4) is 11.5 Å². The first kappa shape index (κ1) is 13.1. The lowest BCUT2D eigenvalue weighted by molar-refractivity contribution is -0.385. The number of aromatic hydroxyl groups is 1. The van der Waals surface area contributed by atoms with E-state index in [1.165, 1.54) is 6.07 Å². The molecule has 0 unspecified atom stereocenters. The van der Waals surface area contributed by atoms with E-state index in [2.05, 4.69) is 5.32 Å². The smallest absolute Gasteiger partial charge is 0.316 e. The molecule has 0 spiro atoms. The van der Waals surface area contributed by atoms with Crippen LogP contribution in [0.3, 0.4) is 0 Å². The second-order valence-electron chi connectivity index (χ2n) is 3.83. The molecular formula is C11H16N2O4. The summed E-state index contributed by atoms with van der Waals surface area (Å²) in [6.45, 7) is 5.90. The molecule has 0 aromatic heterocycles. The molecule has 0 saturated carbocycles. The van der Waals surface area contributed by atoms with E-state index >= 15 is 0 Å². The molecule has 0 bridgehead atoms. The number of phenolic OH excluding ortho intramolecular Hbond substituents is 1. The number of benzene rings is 1. The van der Waals surface area contributed by atoms with Crippen LogP contribution in [0.15, 0.2) is 12.1 Å². The largest absolute Gasteiger partial charge is 0.500 e. The van der Waals surface area contributed by atoms with Gasteiger partial charge in [-0.2, -0.15) is 0 Å². The van der Waals surface area contributed by atoms with Crippen LogP contribution in [0.25, 0.3) is 0 Å². The van der Waals surface area contributed by atoms with Gasteiger partial charge in [-0.25, -0.2) is 0 Å². The molecule has 17 heavy (non-hydrogen) atoms. The van der Waals surface area contributed by atoms with Crippen molar-refractivity contribution in [2.45, 2.75) is 26.8 Å². The number of anilines is 1. The Hall–Kier alpha value is -1.98. The van der Waals surface area contributed by atoms with Gasteiger partial charge in [0.15, 0.2) is 5.75 Å². The van der Waals surface area contributed by atoms with Crippen molar-refractivity contribution in [3.05, 3.63) is 22.2 Å². The average Bonchev–Trinajstić information content (AvgIpc) is 2.21. The maximum atomic E-state index is 10.8. The van der Waals surface area contributed by atoms with Gasteiger partial charge in [-0.15, -0.1) is 0 Å². The van der Waals surface area contributed by atoms with Crippen LogP contribution in [-0.2, 0) is 0 Å². The quantitative estimate of drug-likeness (QED) is 0.469. The summed E-state index contributed by atoms with van der Waals surface area (Å²) in [5.74, 6) is -0.323. The molecular weight excluding hydrogens is 224 g/mol. The number of nitrogens with zero attached hydrogens (tertiary/aromatic N) is 1. The summed E-state index contributed by atoms with van der Waals surface area (Å²) >= 11 is 0. The fourth-order valence-corrected chi connectivity index (χ4v) is 1.41. The fourth-order valence-electron chi connectivity index (χ4n) is 1.41. The molecule has 0 aliphatic rings. The molecule has 1 aromatic rings. The van der Waals surface area contributed by atoms with Gasteiger partial charge in [0.2, 0.25) is 5.75 Å². The lowest BCUT2D eigenvalue weighted by Gasteiger charge is -2.12. The molecule has 6 nitrogen and oxygen atoms in total. The van der Waals surface area contributed by atoms with Crippen LogP contribution in [0.1, 0.15) is 20.8 Å². The molecule has 0 aliphatic carbocycles. The van der Waals surface area contributed by atoms with Gasteiger partial charge in [0.1, 0.15) is 0 Å². The monoisotopic (exact) mass is 240 g/mol. The highest BCUT2D eigenvalue weighted by Gasteiger charge is 2.20. The molecule has 0 aliphatic heterocycles. The normalized spacial score (nSPS) is 10.4. The SMILES string of the molecule is CCOc1cc(NC(C)C)cc([N+](=O)[O-])c1O. The van der Waals surface area contributed by atoms with Gasteiger partial charge in [0.25, 0.3) is 0 Å². The molecule has 2 N–H and O–H groups in total. The van der Waals surface area contributed by atoms with E-state index in [0.29, 0.717) is 12.3 Å². The molecule has 0 saturated heterocycles. The average molecular weight is 240 g/mol. The summed E-state index contributed by atoms with van der Waals surface area (Å²) < 4.78 is 5.16. The Labute approximate surface area is 99.4 Å². The van der Waals surface area contributed by atoms with Gasteiger partial charge in [0.05, 0.1) is 11.5 Å². The third-order valence-corrected chi connectivity index (χ3v) is 2.01. The van der Waals surface area contributed by atoms with Crippen LogP contribution >= 0.6 is 0 Å². The van der Waals surface area contributed by atoms with Crippen molar-refractivity contribution in [3.63, 3.8) is 0 Å². The number of phenols is 1. The second-order valence-corrected chi connectivity index (χ2v) is 3.83. The first-order valence-electron chi connectivity index (χ1n) is 5.36. The molecule has 0 amide bonds. The number of ether oxygens (including phenoxy) is 1. The summed E-state index contributed by atoms with van der Waals surface area (Å²) in [5.41, 5.74) is 0.187. The van der Waals surface area contributed by atoms with Gasteiger partial charge < -0.3 is 15.2 Å². The van der Waals surface area contributed by atoms with E-state index in [-0.39, 0.29) is 17.5 Å². The predicted molar refractivity (Wildman–Crippen MR) is 64.7 cm³/mol. The number of nitro groups is 1. The van der Waals surface area contributed by atoms with E-state index in [4.69, 9.17) is 4.74 Å². The van der Waals surface area contributed by atoms with Gasteiger partial charge in [-0.3, -0.25) is 10.1 Å². The second kappa shape index (κ2) is 5.38. The summed E-state index contributed by atoms with van der Waals surface area (Å²) in [6, 6.07) is 2.97. The van der Waals surface area contributed by atoms with Crippen molar-refractivity contribution in [1.29, 1.82) is 0 Å². The Morgan fingerprint density at radius 2 is 2.18 bits per heavy atom. The van der Waals surface area contributed by atoms with Crippen LogP contribution in [0.5, 0.6) is 11.5 Å². The minimum atomic E-state index is -0.636. The lowest BCUT2D eigenvalue weighted by atomic mass is 10.2. The summed E-state index contributed by atoms with van der Waals surface area (Å²) in [4.78, 5) is 10.1. The van der Waals surface area contributed by atoms with E-state index in [1.54, 1.807) is 13.0 Å². The molecule has 94 valence electrons. The number of nitro benzene ring substituents is 1. The van der Waals surface area contributed by atoms with Gasteiger partial charge >= 0.3 is 5.69 Å². The topological polar surface area (TPSA) is 84.6 Å². The van der Waals surface area contributed by atoms with Crippen LogP contribution in [0.4, 0.5) is 11.4 Å². The zero-order chi connectivity index (χ0) is 13.0. The Balaban J connectivity index is 3.21. The zero-order valence-corrected chi connectivity index (χ0v) is 10.1. The first-order chi connectivity index (χ1) is 7.95. The van der Waals surface area contributed by atoms with Crippen molar-refractivity contribution in [1.82, 2.24) is 0 Å². The molecule has 1 aromatic carbocycles. The Morgan fingerprint density at radius 1 is 1.53 bits per heavy atom. The van der Waals surface area contributed by atoms with Crippen molar-refractivity contribution < 1.29 is 14.8 Å². The van der Waals surface area contributed by atoms with Crippen molar-refractivity contribution >= 4 is 11.4 Å². The number of hydrogen-bond donors (Lipinski definition) is 2. The highest BCUT2D eigenvalue weighted by Crippen LogP contribution is 2.39. The minimum absolute atomic E-state index is 0.116. The first-order valence-corrected chi connectivity index (χ1v) is 5.36. The predicted octanol–water partition coefficient (Wildman–Crippen LogP) is 2.52. The Morgan fingerprint density at radius 3 is 2.65 bits per heavy atom. The Bertz CT molecular complexity index is 418. The zero-order valence-electron chi connectivity index (χ0n) is 10.1. The lowest BCUT2D eigenvalue weighted by Crippen LogP contribution is -2.10. The van der Waals surface area contributed by atoms with Crippen LogP contribution < -0.4 is 10.1 Å². The molecule has 0 heterocycles. The van der Waals surface area contributed by atoms with Crippen LogP contribution in [0.2, 0.25) is 0 Å². The van der Waals surface area contributed by atoms with Gasteiger partial charge in [-0.1, -0.05) is 0 Å². The molecule has 0 fully saturated rings. The standard InChI is InChI=1S/C11H16N2O4/c1-4-17-10-6-8(12-7(2)3)5-9(11(10)14)13(15)16/h5-7,12,14H,4H2,1-3H3. The van der Waals surface area contributed by atoms with Crippen LogP contribution in [0, 0.1) is 10.1 Å². The summed E-state index contributed by atoms with van der Waals surface area (Å²) in [5, 5.41) is 23.5. The fraction of sp³-hybridized carbons (Fsp3) is 0.455. The number of nitrogens with one attached hydrogen (secondary N) is 1. The number of hydrogen-bond acceptors (Lipinski definition) is 5. The maximum absolute atomic E-state index is 10.8. The highest BCUT2D eigenvalue weighted by molar-refractivity contribution is 5.65. The van der Waals surface area contributed by atoms with Crippen molar-refractivity contribution in [2.24, 2.45) is 0 Å². The molecule has 0 atom stereocenters. The van der Waals surface area contributed by atoms with Crippen molar-refractivity contribution in [2.75, 3.05) is 11.9 Å². The summed E-state index contributed by atoms with van der Waals surface area (Å²) in [6.07, 6.45) is 0. The molecule has 1 rings (SSSR count). The third kappa shape index (κ3) is 3.24. The number of rotatable bonds is 5. The highest BCUT2D eigenvalue weighted by atomic mass is 16.6. The van der Waals surface area contributed by atoms with E-state index in [0.717, 1.165) is 0 Å². The van der Waals surface area contributed by atoms with E-state index in [1.807, 2.05) is 13.8 Å². The minimum Gasteiger partial charge on any atom is -0.500 e. The van der Waals surface area contributed by atoms with Gasteiger partial charge in [0, 0.05) is 23.9 Å². The van der Waals surface area contributed by atoms with E-state index < -0.39 is 10.7 Å². The maximum Gasteiger partial charge on any atom is 0.316 e. The molecule has 0 radical (unpaired) electrons.